The van der Waals surface area contributed by atoms with Crippen LogP contribution in [0, 0.1) is 13.8 Å². The van der Waals surface area contributed by atoms with Crippen molar-refractivity contribution in [2.75, 3.05) is 5.32 Å². The molecule has 0 bridgehead atoms. The number of anilines is 1. The molecule has 0 aliphatic carbocycles. The Morgan fingerprint density at radius 3 is 2.39 bits per heavy atom. The zero-order valence-corrected chi connectivity index (χ0v) is 14.4. The Morgan fingerprint density at radius 2 is 1.83 bits per heavy atom. The molecule has 0 unspecified atom stereocenters. The molecule has 0 saturated carbocycles. The van der Waals surface area contributed by atoms with Crippen LogP contribution in [-0.2, 0) is 5.41 Å². The van der Waals surface area contributed by atoms with Gasteiger partial charge in [0.1, 0.15) is 17.0 Å². The lowest BCUT2D eigenvalue weighted by molar-refractivity contribution is 0.100. The molecular weight excluding hydrogens is 292 g/mol. The van der Waals surface area contributed by atoms with E-state index in [0.29, 0.717) is 28.3 Å². The zero-order valence-electron chi connectivity index (χ0n) is 14.4. The van der Waals surface area contributed by atoms with Gasteiger partial charge in [-0.25, -0.2) is 0 Å². The maximum Gasteiger partial charge on any atom is 0.261 e. The van der Waals surface area contributed by atoms with Gasteiger partial charge in [-0.2, -0.15) is 0 Å². The fourth-order valence-corrected chi connectivity index (χ4v) is 2.31. The van der Waals surface area contributed by atoms with Crippen molar-refractivity contribution < 1.29 is 14.1 Å². The van der Waals surface area contributed by atoms with Crippen molar-refractivity contribution in [1.29, 1.82) is 0 Å². The summed E-state index contributed by atoms with van der Waals surface area (Å²) in [6.45, 7) is 11.0. The van der Waals surface area contributed by atoms with Gasteiger partial charge in [0.15, 0.2) is 5.78 Å². The Morgan fingerprint density at radius 1 is 1.17 bits per heavy atom. The average Bonchev–Trinajstić information content (AvgIpc) is 2.82. The van der Waals surface area contributed by atoms with E-state index in [-0.39, 0.29) is 17.1 Å². The van der Waals surface area contributed by atoms with Gasteiger partial charge in [-0.1, -0.05) is 38.1 Å². The van der Waals surface area contributed by atoms with E-state index in [9.17, 15) is 9.59 Å². The van der Waals surface area contributed by atoms with Crippen LogP contribution in [0.15, 0.2) is 22.7 Å². The third kappa shape index (κ3) is 3.50. The number of Topliss-reactive ketones (excluding diaryl/α,β-unsaturated/α-hetero) is 1. The molecule has 1 N–H and O–H groups in total. The van der Waals surface area contributed by atoms with Gasteiger partial charge in [0, 0.05) is 16.7 Å². The normalized spacial score (nSPS) is 11.4. The summed E-state index contributed by atoms with van der Waals surface area (Å²) < 4.78 is 5.21. The molecule has 1 amide bonds. The van der Waals surface area contributed by atoms with Gasteiger partial charge >= 0.3 is 0 Å². The quantitative estimate of drug-likeness (QED) is 0.868. The van der Waals surface area contributed by atoms with E-state index in [1.807, 2.05) is 33.8 Å². The molecule has 0 radical (unpaired) electrons. The number of hydrogen-bond acceptors (Lipinski definition) is 4. The second-order valence-electron chi connectivity index (χ2n) is 6.75. The number of nitrogens with zero attached hydrogens (tertiary/aromatic N) is 1. The van der Waals surface area contributed by atoms with Gasteiger partial charge in [0.05, 0.1) is 0 Å². The molecule has 5 heteroatoms. The van der Waals surface area contributed by atoms with E-state index >= 15 is 0 Å². The number of nitrogens with one attached hydrogen (secondary N) is 1. The Kier molecular flexibility index (Phi) is 4.41. The molecule has 0 spiro atoms. The molecule has 2 aromatic rings. The highest BCUT2D eigenvalue weighted by Gasteiger charge is 2.29. The Balaban J connectivity index is 2.39. The highest BCUT2D eigenvalue weighted by molar-refractivity contribution is 6.07. The monoisotopic (exact) mass is 314 g/mol. The van der Waals surface area contributed by atoms with Crippen molar-refractivity contribution >= 4 is 17.4 Å². The summed E-state index contributed by atoms with van der Waals surface area (Å²) >= 11 is 0. The predicted molar refractivity (Wildman–Crippen MR) is 89.1 cm³/mol. The second kappa shape index (κ2) is 5.99. The molecule has 0 aliphatic rings. The summed E-state index contributed by atoms with van der Waals surface area (Å²) in [4.78, 5) is 24.2. The molecule has 0 aliphatic heterocycles. The van der Waals surface area contributed by atoms with Crippen LogP contribution in [0.5, 0.6) is 0 Å². The lowest BCUT2D eigenvalue weighted by atomic mass is 9.88. The van der Waals surface area contributed by atoms with Crippen LogP contribution in [0.4, 0.5) is 5.69 Å². The standard InChI is InChI=1S/C18H22N2O3/c1-10-7-8-13(11(2)21)9-14(10)19-17(22)15-12(3)23-20-16(15)18(4,5)6/h7-9H,1-6H3,(H,19,22). The minimum Gasteiger partial charge on any atom is -0.361 e. The molecule has 1 aromatic carbocycles. The Bertz CT molecular complexity index is 767. The van der Waals surface area contributed by atoms with Crippen molar-refractivity contribution in [1.82, 2.24) is 5.16 Å². The van der Waals surface area contributed by atoms with Gasteiger partial charge in [0.25, 0.3) is 5.91 Å². The average molecular weight is 314 g/mol. The summed E-state index contributed by atoms with van der Waals surface area (Å²) in [5.74, 6) is 0.155. The molecule has 0 saturated heterocycles. The van der Waals surface area contributed by atoms with Crippen molar-refractivity contribution in [3.8, 4) is 0 Å². The first-order valence-corrected chi connectivity index (χ1v) is 7.51. The van der Waals surface area contributed by atoms with Gasteiger partial charge in [-0.3, -0.25) is 9.59 Å². The molecule has 1 heterocycles. The van der Waals surface area contributed by atoms with Crippen molar-refractivity contribution in [3.63, 3.8) is 0 Å². The summed E-state index contributed by atoms with van der Waals surface area (Å²) in [5, 5.41) is 6.90. The smallest absolute Gasteiger partial charge is 0.261 e. The maximum atomic E-state index is 12.7. The molecular formula is C18H22N2O3. The van der Waals surface area contributed by atoms with Gasteiger partial charge < -0.3 is 9.84 Å². The van der Waals surface area contributed by atoms with Crippen molar-refractivity contribution in [3.05, 3.63) is 46.3 Å². The topological polar surface area (TPSA) is 72.2 Å². The first-order valence-electron chi connectivity index (χ1n) is 7.51. The minimum atomic E-state index is -0.305. The summed E-state index contributed by atoms with van der Waals surface area (Å²) in [6.07, 6.45) is 0. The van der Waals surface area contributed by atoms with Crippen LogP contribution in [0.2, 0.25) is 0 Å². The highest BCUT2D eigenvalue weighted by atomic mass is 16.5. The molecule has 2 rings (SSSR count). The first kappa shape index (κ1) is 16.9. The molecule has 0 fully saturated rings. The van der Waals surface area contributed by atoms with Crippen LogP contribution >= 0.6 is 0 Å². The number of ketones is 1. The van der Waals surface area contributed by atoms with Crippen LogP contribution in [0.1, 0.15) is 65.4 Å². The SMILES string of the molecule is CC(=O)c1ccc(C)c(NC(=O)c2c(C(C)(C)C)noc2C)c1. The number of carbonyl (C=O) groups excluding carboxylic acids is 2. The largest absolute Gasteiger partial charge is 0.361 e. The summed E-state index contributed by atoms with van der Waals surface area (Å²) in [5.41, 5.74) is 2.82. The van der Waals surface area contributed by atoms with Gasteiger partial charge in [0.2, 0.25) is 0 Å². The summed E-state index contributed by atoms with van der Waals surface area (Å²) in [7, 11) is 0. The molecule has 122 valence electrons. The van der Waals surface area contributed by atoms with Crippen LogP contribution in [-0.4, -0.2) is 16.8 Å². The first-order chi connectivity index (χ1) is 10.6. The van der Waals surface area contributed by atoms with E-state index in [1.165, 1.54) is 6.92 Å². The van der Waals surface area contributed by atoms with Crippen LogP contribution in [0.25, 0.3) is 0 Å². The Labute approximate surface area is 136 Å². The van der Waals surface area contributed by atoms with E-state index in [4.69, 9.17) is 4.52 Å². The number of amides is 1. The third-order valence-corrected chi connectivity index (χ3v) is 3.69. The minimum absolute atomic E-state index is 0.0444. The number of aromatic nitrogens is 1. The number of hydrogen-bond donors (Lipinski definition) is 1. The third-order valence-electron chi connectivity index (χ3n) is 3.69. The molecule has 23 heavy (non-hydrogen) atoms. The highest BCUT2D eigenvalue weighted by Crippen LogP contribution is 2.28. The number of benzene rings is 1. The van der Waals surface area contributed by atoms with Crippen molar-refractivity contribution in [2.45, 2.75) is 47.0 Å². The second-order valence-corrected chi connectivity index (χ2v) is 6.75. The van der Waals surface area contributed by atoms with Gasteiger partial charge in [-0.15, -0.1) is 0 Å². The van der Waals surface area contributed by atoms with E-state index < -0.39 is 0 Å². The van der Waals surface area contributed by atoms with E-state index in [2.05, 4.69) is 10.5 Å². The number of carbonyl (C=O) groups is 2. The van der Waals surface area contributed by atoms with Crippen LogP contribution in [0.3, 0.4) is 0 Å². The molecule has 1 aromatic heterocycles. The zero-order chi connectivity index (χ0) is 17.4. The van der Waals surface area contributed by atoms with E-state index in [0.717, 1.165) is 5.56 Å². The van der Waals surface area contributed by atoms with Gasteiger partial charge in [-0.05, 0) is 32.4 Å². The lowest BCUT2D eigenvalue weighted by Gasteiger charge is -2.17. The maximum absolute atomic E-state index is 12.7. The van der Waals surface area contributed by atoms with Crippen molar-refractivity contribution in [2.24, 2.45) is 0 Å². The fraction of sp³-hybridized carbons (Fsp3) is 0.389. The summed E-state index contributed by atoms with van der Waals surface area (Å²) in [6, 6.07) is 5.26. The fourth-order valence-electron chi connectivity index (χ4n) is 2.31. The number of aryl methyl sites for hydroxylation is 2. The predicted octanol–water partition coefficient (Wildman–Crippen LogP) is 4.04. The molecule has 0 atom stereocenters. The number of rotatable bonds is 3. The van der Waals surface area contributed by atoms with Crippen LogP contribution < -0.4 is 5.32 Å². The lowest BCUT2D eigenvalue weighted by Crippen LogP contribution is -2.21. The Hall–Kier alpha value is -2.43. The van der Waals surface area contributed by atoms with E-state index in [1.54, 1.807) is 19.1 Å². The molecule has 5 nitrogen and oxygen atoms in total.